The molecule has 8 nitrogen and oxygen atoms in total. The van der Waals surface area contributed by atoms with Crippen LogP contribution in [0, 0.1) is 10.1 Å². The number of hydrogen-bond acceptors (Lipinski definition) is 6. The van der Waals surface area contributed by atoms with Crippen molar-refractivity contribution in [1.82, 2.24) is 19.7 Å². The lowest BCUT2D eigenvalue weighted by molar-refractivity contribution is -0.383. The average Bonchev–Trinajstić information content (AvgIpc) is 2.82. The number of aryl methyl sites for hydroxylation is 1. The van der Waals surface area contributed by atoms with E-state index in [4.69, 9.17) is 0 Å². The molecule has 2 heterocycles. The quantitative estimate of drug-likeness (QED) is 0.649. The zero-order chi connectivity index (χ0) is 13.8. The van der Waals surface area contributed by atoms with Gasteiger partial charge in [-0.1, -0.05) is 6.92 Å². The van der Waals surface area contributed by atoms with Crippen LogP contribution in [-0.2, 0) is 7.05 Å². The van der Waals surface area contributed by atoms with E-state index in [1.54, 1.807) is 24.1 Å². The summed E-state index contributed by atoms with van der Waals surface area (Å²) in [5, 5.41) is 18.2. The molecule has 2 aromatic rings. The van der Waals surface area contributed by atoms with Crippen LogP contribution in [0.4, 0.5) is 11.5 Å². The summed E-state index contributed by atoms with van der Waals surface area (Å²) in [6.45, 7) is 2.59. The maximum Gasteiger partial charge on any atom is 0.337 e. The van der Waals surface area contributed by atoms with Crippen molar-refractivity contribution in [2.75, 3.05) is 11.9 Å². The van der Waals surface area contributed by atoms with Crippen LogP contribution in [0.5, 0.6) is 0 Å². The van der Waals surface area contributed by atoms with E-state index >= 15 is 0 Å². The molecular formula is C11H14N6O2. The van der Waals surface area contributed by atoms with Crippen molar-refractivity contribution in [2.24, 2.45) is 7.05 Å². The lowest BCUT2D eigenvalue weighted by Gasteiger charge is -2.06. The zero-order valence-electron chi connectivity index (χ0n) is 10.7. The molecule has 0 spiro atoms. The van der Waals surface area contributed by atoms with Gasteiger partial charge >= 0.3 is 5.69 Å². The highest BCUT2D eigenvalue weighted by Gasteiger charge is 2.24. The van der Waals surface area contributed by atoms with E-state index in [1.165, 1.54) is 6.33 Å². The van der Waals surface area contributed by atoms with Crippen molar-refractivity contribution in [3.63, 3.8) is 0 Å². The van der Waals surface area contributed by atoms with Gasteiger partial charge in [-0.3, -0.25) is 14.8 Å². The predicted molar refractivity (Wildman–Crippen MR) is 69.7 cm³/mol. The van der Waals surface area contributed by atoms with Gasteiger partial charge in [-0.2, -0.15) is 5.10 Å². The fourth-order valence-corrected chi connectivity index (χ4v) is 1.68. The van der Waals surface area contributed by atoms with Gasteiger partial charge in [0.2, 0.25) is 5.82 Å². The SMILES string of the molecule is CCCNc1ncnc(-c2cnn(C)c2)c1[N+](=O)[O-]. The zero-order valence-corrected chi connectivity index (χ0v) is 10.7. The summed E-state index contributed by atoms with van der Waals surface area (Å²) >= 11 is 0. The molecule has 0 atom stereocenters. The monoisotopic (exact) mass is 262 g/mol. The molecule has 0 amide bonds. The first kappa shape index (κ1) is 12.9. The standard InChI is InChI=1S/C11H14N6O2/c1-3-4-12-11-10(17(18)19)9(13-7-14-11)8-5-15-16(2)6-8/h5-7H,3-4H2,1-2H3,(H,12,13,14). The Morgan fingerprint density at radius 1 is 1.47 bits per heavy atom. The number of hydrogen-bond donors (Lipinski definition) is 1. The van der Waals surface area contributed by atoms with Crippen LogP contribution in [0.2, 0.25) is 0 Å². The minimum atomic E-state index is -0.472. The number of nitrogens with one attached hydrogen (secondary N) is 1. The van der Waals surface area contributed by atoms with Gasteiger partial charge in [-0.25, -0.2) is 9.97 Å². The summed E-state index contributed by atoms with van der Waals surface area (Å²) in [4.78, 5) is 18.7. The second-order valence-electron chi connectivity index (χ2n) is 4.01. The van der Waals surface area contributed by atoms with Gasteiger partial charge in [0.05, 0.1) is 11.1 Å². The Bertz CT molecular complexity index is 595. The van der Waals surface area contributed by atoms with Gasteiger partial charge in [-0.15, -0.1) is 0 Å². The van der Waals surface area contributed by atoms with E-state index in [1.807, 2.05) is 6.92 Å². The topological polar surface area (TPSA) is 98.8 Å². The molecule has 0 fully saturated rings. The van der Waals surface area contributed by atoms with Crippen LogP contribution in [0.15, 0.2) is 18.7 Å². The van der Waals surface area contributed by atoms with Crippen molar-refractivity contribution in [2.45, 2.75) is 13.3 Å². The van der Waals surface area contributed by atoms with Crippen molar-refractivity contribution in [3.8, 4) is 11.3 Å². The molecule has 0 saturated heterocycles. The van der Waals surface area contributed by atoms with Crippen molar-refractivity contribution in [3.05, 3.63) is 28.8 Å². The molecule has 8 heteroatoms. The minimum absolute atomic E-state index is 0.121. The Morgan fingerprint density at radius 3 is 2.84 bits per heavy atom. The second kappa shape index (κ2) is 5.42. The minimum Gasteiger partial charge on any atom is -0.364 e. The van der Waals surface area contributed by atoms with Gasteiger partial charge in [0.15, 0.2) is 5.69 Å². The highest BCUT2D eigenvalue weighted by Crippen LogP contribution is 2.32. The van der Waals surface area contributed by atoms with Crippen LogP contribution < -0.4 is 5.32 Å². The van der Waals surface area contributed by atoms with Crippen LogP contribution >= 0.6 is 0 Å². The molecule has 0 aromatic carbocycles. The molecule has 100 valence electrons. The van der Waals surface area contributed by atoms with Gasteiger partial charge in [0, 0.05) is 25.4 Å². The molecule has 0 unspecified atom stereocenters. The summed E-state index contributed by atoms with van der Waals surface area (Å²) in [6, 6.07) is 0. The maximum atomic E-state index is 11.2. The smallest absolute Gasteiger partial charge is 0.337 e. The highest BCUT2D eigenvalue weighted by molar-refractivity contribution is 5.75. The Morgan fingerprint density at radius 2 is 2.26 bits per heavy atom. The highest BCUT2D eigenvalue weighted by atomic mass is 16.6. The van der Waals surface area contributed by atoms with Crippen molar-refractivity contribution in [1.29, 1.82) is 0 Å². The first-order valence-electron chi connectivity index (χ1n) is 5.85. The van der Waals surface area contributed by atoms with Crippen LogP contribution in [-0.4, -0.2) is 31.2 Å². The first-order valence-corrected chi connectivity index (χ1v) is 5.85. The second-order valence-corrected chi connectivity index (χ2v) is 4.01. The normalized spacial score (nSPS) is 10.4. The van der Waals surface area contributed by atoms with Crippen LogP contribution in [0.25, 0.3) is 11.3 Å². The fourth-order valence-electron chi connectivity index (χ4n) is 1.68. The summed E-state index contributed by atoms with van der Waals surface area (Å²) in [5.41, 5.74) is 0.742. The summed E-state index contributed by atoms with van der Waals surface area (Å²) in [6.07, 6.45) is 5.38. The van der Waals surface area contributed by atoms with Crippen molar-refractivity contribution >= 4 is 11.5 Å². The number of rotatable bonds is 5. The number of aromatic nitrogens is 4. The molecule has 0 aliphatic heterocycles. The summed E-state index contributed by atoms with van der Waals surface area (Å²) < 4.78 is 1.57. The van der Waals surface area contributed by atoms with Crippen molar-refractivity contribution < 1.29 is 4.92 Å². The molecular weight excluding hydrogens is 248 g/mol. The molecule has 19 heavy (non-hydrogen) atoms. The maximum absolute atomic E-state index is 11.2. The largest absolute Gasteiger partial charge is 0.364 e. The van der Waals surface area contributed by atoms with Gasteiger partial charge in [0.25, 0.3) is 0 Å². The molecule has 1 N–H and O–H groups in total. The third kappa shape index (κ3) is 2.67. The fraction of sp³-hybridized carbons (Fsp3) is 0.364. The lowest BCUT2D eigenvalue weighted by atomic mass is 10.2. The molecule has 2 aromatic heterocycles. The van der Waals surface area contributed by atoms with Crippen LogP contribution in [0.3, 0.4) is 0 Å². The summed E-state index contributed by atoms with van der Waals surface area (Å²) in [7, 11) is 1.74. The molecule has 0 radical (unpaired) electrons. The van der Waals surface area contributed by atoms with Gasteiger partial charge in [0.1, 0.15) is 6.33 Å². The average molecular weight is 262 g/mol. The Kier molecular flexibility index (Phi) is 3.69. The third-order valence-electron chi connectivity index (χ3n) is 2.53. The van der Waals surface area contributed by atoms with Gasteiger partial charge in [-0.05, 0) is 6.42 Å². The first-order chi connectivity index (χ1) is 9.13. The molecule has 0 bridgehead atoms. The van der Waals surface area contributed by atoms with Gasteiger partial charge < -0.3 is 5.32 Å². The molecule has 0 saturated carbocycles. The Labute approximate surface area is 109 Å². The number of nitro groups is 1. The van der Waals surface area contributed by atoms with E-state index in [2.05, 4.69) is 20.4 Å². The summed E-state index contributed by atoms with van der Waals surface area (Å²) in [5.74, 6) is 0.237. The van der Waals surface area contributed by atoms with E-state index < -0.39 is 4.92 Å². The molecule has 0 aliphatic rings. The number of nitrogens with zero attached hydrogens (tertiary/aromatic N) is 5. The van der Waals surface area contributed by atoms with E-state index in [0.717, 1.165) is 6.42 Å². The third-order valence-corrected chi connectivity index (χ3v) is 2.53. The number of anilines is 1. The molecule has 2 rings (SSSR count). The Hall–Kier alpha value is -2.51. The molecule has 0 aliphatic carbocycles. The van der Waals surface area contributed by atoms with E-state index in [-0.39, 0.29) is 17.2 Å². The lowest BCUT2D eigenvalue weighted by Crippen LogP contribution is -2.07. The predicted octanol–water partition coefficient (Wildman–Crippen LogP) is 1.61. The van der Waals surface area contributed by atoms with E-state index in [0.29, 0.717) is 12.1 Å². The van der Waals surface area contributed by atoms with Crippen LogP contribution in [0.1, 0.15) is 13.3 Å². The Balaban J connectivity index is 2.51. The van der Waals surface area contributed by atoms with E-state index in [9.17, 15) is 10.1 Å².